The molecule has 0 amide bonds. The Balaban J connectivity index is 2.28. The molecule has 0 bridgehead atoms. The van der Waals surface area contributed by atoms with Crippen LogP contribution in [0, 0.1) is 5.41 Å². The van der Waals surface area contributed by atoms with Crippen molar-refractivity contribution in [2.75, 3.05) is 13.1 Å². The van der Waals surface area contributed by atoms with E-state index >= 15 is 0 Å². The van der Waals surface area contributed by atoms with Crippen LogP contribution in [0.15, 0.2) is 0 Å². The highest BCUT2D eigenvalue weighted by Gasteiger charge is 2.31. The molecule has 3 nitrogen and oxygen atoms in total. The summed E-state index contributed by atoms with van der Waals surface area (Å²) in [6, 6.07) is 0. The first-order chi connectivity index (χ1) is 5.39. The predicted molar refractivity (Wildman–Crippen MR) is 49.8 cm³/mol. The normalized spacial score (nSPS) is 20.3. The summed E-state index contributed by atoms with van der Waals surface area (Å²) < 4.78 is 0. The first-order valence-corrected chi connectivity index (χ1v) is 4.92. The van der Waals surface area contributed by atoms with Gasteiger partial charge in [-0.15, -0.1) is 5.06 Å². The number of hydroxylamine groups is 2. The van der Waals surface area contributed by atoms with Gasteiger partial charge in [-0.1, -0.05) is 15.9 Å². The van der Waals surface area contributed by atoms with E-state index in [0.717, 1.165) is 13.1 Å². The molecular formula is C8H14BrNO2. The zero-order valence-electron chi connectivity index (χ0n) is 7.63. The lowest BCUT2D eigenvalue weighted by atomic mass is 9.98. The molecule has 1 aliphatic heterocycles. The van der Waals surface area contributed by atoms with Gasteiger partial charge >= 0.3 is 5.97 Å². The number of halogens is 1. The molecular weight excluding hydrogens is 222 g/mol. The number of nitrogens with zero attached hydrogens (tertiary/aromatic N) is 1. The van der Waals surface area contributed by atoms with Crippen LogP contribution in [0.3, 0.4) is 0 Å². The zero-order valence-corrected chi connectivity index (χ0v) is 9.22. The maximum atomic E-state index is 11.3. The Labute approximate surface area is 81.1 Å². The maximum absolute atomic E-state index is 11.3. The van der Waals surface area contributed by atoms with Gasteiger partial charge in [0.25, 0.3) is 0 Å². The van der Waals surface area contributed by atoms with Crippen molar-refractivity contribution in [1.29, 1.82) is 0 Å². The maximum Gasteiger partial charge on any atom is 0.330 e. The third kappa shape index (κ3) is 2.45. The number of carbonyl (C=O) groups excluding carboxylic acids is 1. The predicted octanol–water partition coefficient (Wildman–Crippen LogP) is 1.57. The quantitative estimate of drug-likeness (QED) is 0.647. The second-order valence-corrected chi connectivity index (χ2v) is 5.37. The van der Waals surface area contributed by atoms with Crippen molar-refractivity contribution in [3.63, 3.8) is 0 Å². The Morgan fingerprint density at radius 2 is 2.00 bits per heavy atom. The first-order valence-electron chi connectivity index (χ1n) is 4.01. The lowest BCUT2D eigenvalue weighted by Gasteiger charge is -2.35. The van der Waals surface area contributed by atoms with E-state index in [-0.39, 0.29) is 5.97 Å². The van der Waals surface area contributed by atoms with Crippen LogP contribution in [0.5, 0.6) is 0 Å². The summed E-state index contributed by atoms with van der Waals surface area (Å²) in [5.41, 5.74) is -0.405. The highest BCUT2D eigenvalue weighted by atomic mass is 79.9. The number of hydrogen-bond acceptors (Lipinski definition) is 3. The Hall–Kier alpha value is -0.0900. The summed E-state index contributed by atoms with van der Waals surface area (Å²) in [6.07, 6.45) is 0. The first kappa shape index (κ1) is 9.99. The topological polar surface area (TPSA) is 29.5 Å². The summed E-state index contributed by atoms with van der Waals surface area (Å²) in [5, 5.41) is 1.67. The molecule has 0 unspecified atom stereocenters. The van der Waals surface area contributed by atoms with Crippen LogP contribution in [0.1, 0.15) is 20.8 Å². The van der Waals surface area contributed by atoms with Gasteiger partial charge in [-0.2, -0.15) is 0 Å². The summed E-state index contributed by atoms with van der Waals surface area (Å²) in [4.78, 5) is 16.9. The summed E-state index contributed by atoms with van der Waals surface area (Å²) in [5.74, 6) is -0.165. The molecule has 1 aliphatic rings. The van der Waals surface area contributed by atoms with Crippen molar-refractivity contribution in [2.24, 2.45) is 5.41 Å². The van der Waals surface area contributed by atoms with Gasteiger partial charge < -0.3 is 4.84 Å². The third-order valence-electron chi connectivity index (χ3n) is 1.63. The van der Waals surface area contributed by atoms with Crippen LogP contribution in [-0.4, -0.2) is 28.9 Å². The van der Waals surface area contributed by atoms with Gasteiger partial charge in [0.05, 0.1) is 5.41 Å². The molecule has 0 spiro atoms. The second kappa shape index (κ2) is 3.34. The monoisotopic (exact) mass is 235 g/mol. The van der Waals surface area contributed by atoms with Gasteiger partial charge in [-0.05, 0) is 20.8 Å². The highest BCUT2D eigenvalue weighted by Crippen LogP contribution is 2.21. The van der Waals surface area contributed by atoms with E-state index in [9.17, 15) is 4.79 Å². The molecule has 0 aliphatic carbocycles. The average Bonchev–Trinajstić information content (AvgIpc) is 1.82. The van der Waals surface area contributed by atoms with Crippen LogP contribution in [0.25, 0.3) is 0 Å². The van der Waals surface area contributed by atoms with E-state index in [4.69, 9.17) is 4.84 Å². The Bertz CT molecular complexity index is 182. The van der Waals surface area contributed by atoms with Gasteiger partial charge in [0.2, 0.25) is 0 Å². The molecule has 70 valence electrons. The summed E-state index contributed by atoms with van der Waals surface area (Å²) in [7, 11) is 0. The molecule has 0 aromatic heterocycles. The Kier molecular flexibility index (Phi) is 2.78. The van der Waals surface area contributed by atoms with E-state index in [1.165, 1.54) is 0 Å². The van der Waals surface area contributed by atoms with Crippen molar-refractivity contribution >= 4 is 21.9 Å². The molecule has 0 N–H and O–H groups in total. The fraction of sp³-hybridized carbons (Fsp3) is 0.875. The van der Waals surface area contributed by atoms with Crippen molar-refractivity contribution in [1.82, 2.24) is 5.06 Å². The van der Waals surface area contributed by atoms with Crippen LogP contribution in [0.4, 0.5) is 0 Å². The van der Waals surface area contributed by atoms with E-state index in [0.29, 0.717) is 4.83 Å². The number of carbonyl (C=O) groups is 1. The molecule has 0 radical (unpaired) electrons. The van der Waals surface area contributed by atoms with Crippen molar-refractivity contribution in [3.8, 4) is 0 Å². The molecule has 4 heteroatoms. The SMILES string of the molecule is CC(C)(C)C(=O)ON1CC(Br)C1. The van der Waals surface area contributed by atoms with Crippen LogP contribution < -0.4 is 0 Å². The molecule has 0 atom stereocenters. The molecule has 0 aromatic carbocycles. The van der Waals surface area contributed by atoms with E-state index in [1.54, 1.807) is 5.06 Å². The minimum absolute atomic E-state index is 0.165. The molecule has 1 heterocycles. The molecule has 0 aromatic rings. The van der Waals surface area contributed by atoms with E-state index < -0.39 is 5.41 Å². The van der Waals surface area contributed by atoms with Gasteiger partial charge in [-0.25, -0.2) is 4.79 Å². The number of rotatable bonds is 1. The molecule has 12 heavy (non-hydrogen) atoms. The second-order valence-electron chi connectivity index (χ2n) is 4.07. The van der Waals surface area contributed by atoms with Crippen molar-refractivity contribution < 1.29 is 9.63 Å². The van der Waals surface area contributed by atoms with Crippen LogP contribution in [-0.2, 0) is 9.63 Å². The van der Waals surface area contributed by atoms with E-state index in [1.807, 2.05) is 20.8 Å². The zero-order chi connectivity index (χ0) is 9.35. The summed E-state index contributed by atoms with van der Waals surface area (Å²) >= 11 is 3.41. The van der Waals surface area contributed by atoms with Crippen molar-refractivity contribution in [3.05, 3.63) is 0 Å². The molecule has 0 saturated carbocycles. The lowest BCUT2D eigenvalue weighted by Crippen LogP contribution is -2.49. The standard InChI is InChI=1S/C8H14BrNO2/c1-8(2,3)7(11)12-10-4-6(9)5-10/h6H,4-5H2,1-3H3. The van der Waals surface area contributed by atoms with Crippen LogP contribution >= 0.6 is 15.9 Å². The Morgan fingerprint density at radius 3 is 2.33 bits per heavy atom. The fourth-order valence-corrected chi connectivity index (χ4v) is 1.36. The highest BCUT2D eigenvalue weighted by molar-refractivity contribution is 9.09. The third-order valence-corrected chi connectivity index (χ3v) is 2.21. The fourth-order valence-electron chi connectivity index (χ4n) is 0.717. The largest absolute Gasteiger partial charge is 0.367 e. The Morgan fingerprint density at radius 1 is 1.50 bits per heavy atom. The molecule has 1 fully saturated rings. The minimum Gasteiger partial charge on any atom is -0.367 e. The lowest BCUT2D eigenvalue weighted by molar-refractivity contribution is -0.214. The van der Waals surface area contributed by atoms with Gasteiger partial charge in [0.1, 0.15) is 0 Å². The van der Waals surface area contributed by atoms with Gasteiger partial charge in [0.15, 0.2) is 0 Å². The van der Waals surface area contributed by atoms with Crippen LogP contribution in [0.2, 0.25) is 0 Å². The number of hydrogen-bond donors (Lipinski definition) is 0. The van der Waals surface area contributed by atoms with Gasteiger partial charge in [-0.3, -0.25) is 0 Å². The molecule has 1 saturated heterocycles. The average molecular weight is 236 g/mol. The van der Waals surface area contributed by atoms with Crippen molar-refractivity contribution in [2.45, 2.75) is 25.6 Å². The van der Waals surface area contributed by atoms with Gasteiger partial charge in [0, 0.05) is 17.9 Å². The summed E-state index contributed by atoms with van der Waals surface area (Å²) in [6.45, 7) is 7.13. The smallest absolute Gasteiger partial charge is 0.330 e. The van der Waals surface area contributed by atoms with E-state index in [2.05, 4.69) is 15.9 Å². The molecule has 1 rings (SSSR count). The minimum atomic E-state index is -0.405. The number of alkyl halides is 1.